The van der Waals surface area contributed by atoms with Crippen molar-refractivity contribution in [3.8, 4) is 11.4 Å². The number of alkyl carbamates (subject to hydrolysis) is 1. The maximum absolute atomic E-state index is 12.4. The Kier molecular flexibility index (Phi) is 4.83. The van der Waals surface area contributed by atoms with E-state index in [-0.39, 0.29) is 11.5 Å². The zero-order valence-electron chi connectivity index (χ0n) is 13.4. The lowest BCUT2D eigenvalue weighted by Crippen LogP contribution is -2.36. The number of hydrogen-bond donors (Lipinski definition) is 1. The van der Waals surface area contributed by atoms with Crippen LogP contribution in [0.4, 0.5) is 4.79 Å². The van der Waals surface area contributed by atoms with E-state index >= 15 is 0 Å². The summed E-state index contributed by atoms with van der Waals surface area (Å²) in [5, 5.41) is 2.73. The van der Waals surface area contributed by atoms with Gasteiger partial charge in [-0.3, -0.25) is 9.36 Å². The molecule has 3 heterocycles. The smallest absolute Gasteiger partial charge is 0.407 e. The summed E-state index contributed by atoms with van der Waals surface area (Å²) < 4.78 is 6.55. The molecule has 2 aromatic rings. The van der Waals surface area contributed by atoms with Crippen LogP contribution in [0.15, 0.2) is 29.5 Å². The van der Waals surface area contributed by atoms with E-state index in [0.717, 1.165) is 12.8 Å². The number of carbonyl (C=O) groups excluding carboxylic acids is 1. The lowest BCUT2D eigenvalue weighted by molar-refractivity contribution is 0.151. The van der Waals surface area contributed by atoms with Crippen LogP contribution in [-0.2, 0) is 11.3 Å². The van der Waals surface area contributed by atoms with Crippen molar-refractivity contribution in [2.75, 3.05) is 13.2 Å². The molecule has 1 N–H and O–H groups in total. The first-order chi connectivity index (χ1) is 11.7. The molecule has 1 aliphatic rings. The van der Waals surface area contributed by atoms with Crippen molar-refractivity contribution in [2.45, 2.75) is 32.2 Å². The molecule has 0 aromatic carbocycles. The van der Waals surface area contributed by atoms with Gasteiger partial charge in [-0.05, 0) is 25.8 Å². The number of ether oxygens (including phenoxy) is 1. The lowest BCUT2D eigenvalue weighted by Gasteiger charge is -2.26. The van der Waals surface area contributed by atoms with E-state index in [9.17, 15) is 9.59 Å². The van der Waals surface area contributed by atoms with Crippen LogP contribution < -0.4 is 10.9 Å². The molecular formula is C16H19N5O3. The molecule has 1 amide bonds. The van der Waals surface area contributed by atoms with E-state index in [1.165, 1.54) is 12.4 Å². The molecule has 0 saturated carbocycles. The molecular weight excluding hydrogens is 310 g/mol. The molecule has 24 heavy (non-hydrogen) atoms. The monoisotopic (exact) mass is 329 g/mol. The van der Waals surface area contributed by atoms with E-state index < -0.39 is 6.09 Å². The fourth-order valence-corrected chi connectivity index (χ4v) is 2.84. The fourth-order valence-electron chi connectivity index (χ4n) is 2.84. The summed E-state index contributed by atoms with van der Waals surface area (Å²) in [5.41, 5.74) is 1.03. The molecule has 0 saturated heterocycles. The highest BCUT2D eigenvalue weighted by atomic mass is 16.5. The highest BCUT2D eigenvalue weighted by Crippen LogP contribution is 2.25. The maximum atomic E-state index is 12.4. The second-order valence-electron chi connectivity index (χ2n) is 5.52. The van der Waals surface area contributed by atoms with Gasteiger partial charge in [0.2, 0.25) is 0 Å². The summed E-state index contributed by atoms with van der Waals surface area (Å²) in [6.45, 7) is 3.10. The lowest BCUT2D eigenvalue weighted by atomic mass is 9.98. The average Bonchev–Trinajstić information content (AvgIpc) is 2.61. The van der Waals surface area contributed by atoms with E-state index in [2.05, 4.69) is 20.3 Å². The number of aromatic nitrogens is 4. The molecule has 0 aliphatic carbocycles. The van der Waals surface area contributed by atoms with Gasteiger partial charge < -0.3 is 10.1 Å². The first kappa shape index (κ1) is 16.1. The minimum absolute atomic E-state index is 0.0300. The van der Waals surface area contributed by atoms with Gasteiger partial charge in [-0.25, -0.2) is 19.7 Å². The van der Waals surface area contributed by atoms with E-state index in [1.807, 2.05) is 0 Å². The molecule has 3 rings (SSSR count). The van der Waals surface area contributed by atoms with Gasteiger partial charge in [-0.2, -0.15) is 0 Å². The molecule has 2 aromatic heterocycles. The molecule has 0 radical (unpaired) electrons. The number of hydrogen-bond acceptors (Lipinski definition) is 6. The molecule has 1 atom stereocenters. The zero-order chi connectivity index (χ0) is 16.9. The van der Waals surface area contributed by atoms with Gasteiger partial charge >= 0.3 is 6.09 Å². The Morgan fingerprint density at radius 1 is 1.46 bits per heavy atom. The topological polar surface area (TPSA) is 99.0 Å². The van der Waals surface area contributed by atoms with Crippen LogP contribution in [-0.4, -0.2) is 38.8 Å². The van der Waals surface area contributed by atoms with E-state index in [0.29, 0.717) is 36.9 Å². The van der Waals surface area contributed by atoms with Gasteiger partial charge in [0.25, 0.3) is 5.56 Å². The molecule has 1 unspecified atom stereocenters. The number of nitrogens with one attached hydrogen (secondary N) is 1. The fraction of sp³-hybridized carbons (Fsp3) is 0.438. The van der Waals surface area contributed by atoms with Crippen LogP contribution in [0.25, 0.3) is 11.4 Å². The molecule has 1 aliphatic heterocycles. The predicted octanol–water partition coefficient (Wildman–Crippen LogP) is 1.32. The quantitative estimate of drug-likeness (QED) is 0.908. The second-order valence-corrected chi connectivity index (χ2v) is 5.52. The second kappa shape index (κ2) is 7.20. The van der Waals surface area contributed by atoms with Crippen molar-refractivity contribution in [1.29, 1.82) is 0 Å². The number of carbonyl (C=O) groups is 1. The van der Waals surface area contributed by atoms with Crippen LogP contribution in [0, 0.1) is 0 Å². The van der Waals surface area contributed by atoms with Crippen LogP contribution in [0.1, 0.15) is 31.5 Å². The van der Waals surface area contributed by atoms with Gasteiger partial charge in [0.05, 0.1) is 18.0 Å². The Morgan fingerprint density at radius 3 is 3.08 bits per heavy atom. The number of nitrogens with zero attached hydrogens (tertiary/aromatic N) is 4. The largest absolute Gasteiger partial charge is 0.450 e. The Morgan fingerprint density at radius 2 is 2.33 bits per heavy atom. The Hall–Kier alpha value is -2.77. The highest BCUT2D eigenvalue weighted by Gasteiger charge is 2.24. The number of amides is 1. The van der Waals surface area contributed by atoms with Crippen LogP contribution in [0.5, 0.6) is 0 Å². The third-order valence-electron chi connectivity index (χ3n) is 3.95. The maximum Gasteiger partial charge on any atom is 0.407 e. The van der Waals surface area contributed by atoms with Gasteiger partial charge in [-0.1, -0.05) is 0 Å². The van der Waals surface area contributed by atoms with Crippen molar-refractivity contribution in [3.63, 3.8) is 0 Å². The van der Waals surface area contributed by atoms with Crippen molar-refractivity contribution in [3.05, 3.63) is 40.8 Å². The summed E-state index contributed by atoms with van der Waals surface area (Å²) in [5.74, 6) is 0.650. The molecule has 0 spiro atoms. The summed E-state index contributed by atoms with van der Waals surface area (Å²) in [6.07, 6.45) is 4.31. The third-order valence-corrected chi connectivity index (χ3v) is 3.95. The summed E-state index contributed by atoms with van der Waals surface area (Å²) in [4.78, 5) is 36.6. The first-order valence-corrected chi connectivity index (χ1v) is 7.98. The van der Waals surface area contributed by atoms with Crippen molar-refractivity contribution in [1.82, 2.24) is 24.8 Å². The summed E-state index contributed by atoms with van der Waals surface area (Å²) in [6, 6.07) is 3.21. The molecule has 8 heteroatoms. The van der Waals surface area contributed by atoms with Gasteiger partial charge in [-0.15, -0.1) is 0 Å². The molecule has 0 fully saturated rings. The molecule has 0 bridgehead atoms. The van der Waals surface area contributed by atoms with Crippen molar-refractivity contribution < 1.29 is 9.53 Å². The minimum atomic E-state index is -0.455. The van der Waals surface area contributed by atoms with E-state index in [1.54, 1.807) is 23.8 Å². The SMILES string of the molecule is CCOC(=O)NCC1CCCn2c1nc(-c1ccncn1)cc2=O. The van der Waals surface area contributed by atoms with Crippen molar-refractivity contribution >= 4 is 6.09 Å². The van der Waals surface area contributed by atoms with Crippen LogP contribution >= 0.6 is 0 Å². The summed E-state index contributed by atoms with van der Waals surface area (Å²) >= 11 is 0. The van der Waals surface area contributed by atoms with E-state index in [4.69, 9.17) is 4.74 Å². The van der Waals surface area contributed by atoms with Crippen LogP contribution in [0.3, 0.4) is 0 Å². The van der Waals surface area contributed by atoms with Crippen LogP contribution in [0.2, 0.25) is 0 Å². The number of rotatable bonds is 4. The first-order valence-electron chi connectivity index (χ1n) is 7.98. The zero-order valence-corrected chi connectivity index (χ0v) is 13.4. The normalized spacial score (nSPS) is 16.3. The summed E-state index contributed by atoms with van der Waals surface area (Å²) in [7, 11) is 0. The average molecular weight is 329 g/mol. The van der Waals surface area contributed by atoms with Gasteiger partial charge in [0.15, 0.2) is 0 Å². The molecule has 8 nitrogen and oxygen atoms in total. The standard InChI is InChI=1S/C16H19N5O3/c1-2-24-16(23)18-9-11-4-3-7-21-14(22)8-13(20-15(11)21)12-5-6-17-10-19-12/h5-6,8,10-11H,2-4,7,9H2,1H3,(H,18,23). The Bertz CT molecular complexity index is 775. The van der Waals surface area contributed by atoms with Gasteiger partial charge in [0, 0.05) is 31.3 Å². The Balaban J connectivity index is 1.89. The Labute approximate surface area is 138 Å². The highest BCUT2D eigenvalue weighted by molar-refractivity contribution is 5.67. The predicted molar refractivity (Wildman–Crippen MR) is 86.5 cm³/mol. The third kappa shape index (κ3) is 3.42. The van der Waals surface area contributed by atoms with Gasteiger partial charge in [0.1, 0.15) is 12.2 Å². The molecule has 126 valence electrons. The minimum Gasteiger partial charge on any atom is -0.450 e. The number of fused-ring (bicyclic) bond motifs is 1. The van der Waals surface area contributed by atoms with Crippen molar-refractivity contribution in [2.24, 2.45) is 0 Å².